The van der Waals surface area contributed by atoms with Gasteiger partial charge in [-0.15, -0.1) is 0 Å². The molecular formula is C20H35N5O2. The van der Waals surface area contributed by atoms with Gasteiger partial charge >= 0.3 is 0 Å². The van der Waals surface area contributed by atoms with E-state index in [1.165, 1.54) is 13.0 Å². The number of hydrogen-bond acceptors (Lipinski definition) is 5. The highest BCUT2D eigenvalue weighted by Gasteiger charge is 2.30. The molecule has 0 unspecified atom stereocenters. The fraction of sp³-hybridized carbons (Fsp3) is 0.800. The predicted molar refractivity (Wildman–Crippen MR) is 105 cm³/mol. The van der Waals surface area contributed by atoms with Crippen LogP contribution < -0.4 is 0 Å². The summed E-state index contributed by atoms with van der Waals surface area (Å²) in [6.45, 7) is 7.31. The average molecular weight is 378 g/mol. The Morgan fingerprint density at radius 1 is 1.26 bits per heavy atom. The van der Waals surface area contributed by atoms with E-state index < -0.39 is 0 Å². The molecule has 0 radical (unpaired) electrons. The van der Waals surface area contributed by atoms with E-state index in [0.717, 1.165) is 57.5 Å². The Bertz CT molecular complexity index is 565. The molecule has 2 fully saturated rings. The van der Waals surface area contributed by atoms with Gasteiger partial charge in [0.2, 0.25) is 5.91 Å². The molecule has 152 valence electrons. The van der Waals surface area contributed by atoms with Crippen LogP contribution in [-0.2, 0) is 11.2 Å². The Kier molecular flexibility index (Phi) is 7.67. The number of H-pyrrole nitrogens is 1. The summed E-state index contributed by atoms with van der Waals surface area (Å²) in [6.07, 6.45) is 8.26. The van der Waals surface area contributed by atoms with Gasteiger partial charge in [-0.2, -0.15) is 5.10 Å². The number of aliphatic hydroxyl groups is 1. The minimum Gasteiger partial charge on any atom is -0.396 e. The molecule has 0 bridgehead atoms. The molecule has 0 spiro atoms. The molecular weight excluding hydrogens is 342 g/mol. The van der Waals surface area contributed by atoms with Crippen LogP contribution in [0, 0.1) is 11.8 Å². The van der Waals surface area contributed by atoms with Crippen molar-refractivity contribution in [1.82, 2.24) is 24.9 Å². The maximum atomic E-state index is 12.7. The van der Waals surface area contributed by atoms with Crippen LogP contribution in [-0.4, -0.2) is 95.4 Å². The second-order valence-corrected chi connectivity index (χ2v) is 8.37. The molecule has 2 aliphatic heterocycles. The van der Waals surface area contributed by atoms with Crippen LogP contribution in [0.4, 0.5) is 0 Å². The smallest absolute Gasteiger partial charge is 0.222 e. The van der Waals surface area contributed by atoms with Crippen LogP contribution in [0.15, 0.2) is 12.4 Å². The summed E-state index contributed by atoms with van der Waals surface area (Å²) in [4.78, 5) is 19.7. The molecule has 1 aromatic heterocycles. The SMILES string of the molecule is CN1CCCN(C[C@@H]2C[C@@H](CO)CN(C(=O)CCCc3cn[nH]c3)C2)CC1. The summed E-state index contributed by atoms with van der Waals surface area (Å²) in [6, 6.07) is 0. The molecule has 0 aromatic carbocycles. The van der Waals surface area contributed by atoms with E-state index in [1.807, 2.05) is 17.3 Å². The van der Waals surface area contributed by atoms with Crippen LogP contribution in [0.5, 0.6) is 0 Å². The predicted octanol–water partition coefficient (Wildman–Crippen LogP) is 0.827. The Morgan fingerprint density at radius 2 is 2.11 bits per heavy atom. The summed E-state index contributed by atoms with van der Waals surface area (Å²) in [7, 11) is 2.19. The first-order valence-electron chi connectivity index (χ1n) is 10.4. The third kappa shape index (κ3) is 6.30. The monoisotopic (exact) mass is 377 g/mol. The van der Waals surface area contributed by atoms with E-state index in [2.05, 4.69) is 27.0 Å². The zero-order valence-electron chi connectivity index (χ0n) is 16.6. The van der Waals surface area contributed by atoms with Crippen molar-refractivity contribution in [3.05, 3.63) is 18.0 Å². The van der Waals surface area contributed by atoms with Gasteiger partial charge in [-0.05, 0) is 63.2 Å². The number of aromatic amines is 1. The molecule has 7 nitrogen and oxygen atoms in total. The van der Waals surface area contributed by atoms with E-state index >= 15 is 0 Å². The summed E-state index contributed by atoms with van der Waals surface area (Å²) in [5, 5.41) is 16.5. The number of aromatic nitrogens is 2. The van der Waals surface area contributed by atoms with E-state index in [-0.39, 0.29) is 18.4 Å². The molecule has 1 aromatic rings. The Hall–Kier alpha value is -1.44. The highest BCUT2D eigenvalue weighted by atomic mass is 16.3. The molecule has 1 amide bonds. The van der Waals surface area contributed by atoms with Crippen molar-refractivity contribution in [2.45, 2.75) is 32.1 Å². The Balaban J connectivity index is 1.48. The Labute approximate surface area is 162 Å². The highest BCUT2D eigenvalue weighted by Crippen LogP contribution is 2.24. The summed E-state index contributed by atoms with van der Waals surface area (Å²) in [5.74, 6) is 0.922. The van der Waals surface area contributed by atoms with Gasteiger partial charge in [-0.25, -0.2) is 0 Å². The molecule has 3 rings (SSSR count). The number of aliphatic hydroxyl groups excluding tert-OH is 1. The lowest BCUT2D eigenvalue weighted by atomic mass is 9.88. The van der Waals surface area contributed by atoms with E-state index in [0.29, 0.717) is 18.9 Å². The number of aryl methyl sites for hydroxylation is 1. The normalized spacial score (nSPS) is 25.5. The number of piperidine rings is 1. The van der Waals surface area contributed by atoms with Crippen LogP contribution >= 0.6 is 0 Å². The van der Waals surface area contributed by atoms with Crippen LogP contribution in [0.2, 0.25) is 0 Å². The van der Waals surface area contributed by atoms with Crippen molar-refractivity contribution in [3.8, 4) is 0 Å². The number of carbonyl (C=O) groups excluding carboxylic acids is 1. The van der Waals surface area contributed by atoms with Gasteiger partial charge in [0, 0.05) is 51.9 Å². The lowest BCUT2D eigenvalue weighted by Gasteiger charge is -2.39. The molecule has 2 atom stereocenters. The van der Waals surface area contributed by atoms with Crippen LogP contribution in [0.25, 0.3) is 0 Å². The fourth-order valence-corrected chi connectivity index (χ4v) is 4.45. The summed E-state index contributed by atoms with van der Waals surface area (Å²) < 4.78 is 0. The number of nitrogens with one attached hydrogen (secondary N) is 1. The lowest BCUT2D eigenvalue weighted by Crippen LogP contribution is -2.48. The number of carbonyl (C=O) groups is 1. The zero-order valence-corrected chi connectivity index (χ0v) is 16.6. The van der Waals surface area contributed by atoms with Gasteiger partial charge in [-0.1, -0.05) is 0 Å². The molecule has 0 aliphatic carbocycles. The lowest BCUT2D eigenvalue weighted by molar-refractivity contribution is -0.134. The standard InChI is InChI=1S/C20H35N5O2/c1-23-6-3-7-24(9-8-23)13-18-10-19(16-26)15-25(14-18)20(27)5-2-4-17-11-21-22-12-17/h11-12,18-19,26H,2-10,13-16H2,1H3,(H,21,22)/t18-,19+/m0/s1. The summed E-state index contributed by atoms with van der Waals surface area (Å²) >= 11 is 0. The number of amides is 1. The van der Waals surface area contributed by atoms with Crippen molar-refractivity contribution < 1.29 is 9.90 Å². The second kappa shape index (κ2) is 10.2. The van der Waals surface area contributed by atoms with Crippen molar-refractivity contribution in [2.75, 3.05) is 59.5 Å². The van der Waals surface area contributed by atoms with Crippen LogP contribution in [0.1, 0.15) is 31.2 Å². The average Bonchev–Trinajstić information content (AvgIpc) is 3.10. The fourth-order valence-electron chi connectivity index (χ4n) is 4.45. The van der Waals surface area contributed by atoms with E-state index in [1.54, 1.807) is 0 Å². The van der Waals surface area contributed by atoms with Crippen molar-refractivity contribution in [3.63, 3.8) is 0 Å². The maximum absolute atomic E-state index is 12.7. The number of nitrogens with zero attached hydrogens (tertiary/aromatic N) is 4. The molecule has 3 heterocycles. The topological polar surface area (TPSA) is 75.7 Å². The van der Waals surface area contributed by atoms with Crippen molar-refractivity contribution >= 4 is 5.91 Å². The van der Waals surface area contributed by atoms with Gasteiger partial charge in [-0.3, -0.25) is 9.89 Å². The van der Waals surface area contributed by atoms with E-state index in [9.17, 15) is 9.90 Å². The third-order valence-electron chi connectivity index (χ3n) is 5.97. The minimum atomic E-state index is 0.179. The molecule has 2 aliphatic rings. The Morgan fingerprint density at radius 3 is 2.89 bits per heavy atom. The van der Waals surface area contributed by atoms with Gasteiger partial charge in [0.1, 0.15) is 0 Å². The van der Waals surface area contributed by atoms with Crippen LogP contribution in [0.3, 0.4) is 0 Å². The highest BCUT2D eigenvalue weighted by molar-refractivity contribution is 5.76. The molecule has 7 heteroatoms. The van der Waals surface area contributed by atoms with E-state index in [4.69, 9.17) is 0 Å². The minimum absolute atomic E-state index is 0.179. The van der Waals surface area contributed by atoms with Crippen molar-refractivity contribution in [1.29, 1.82) is 0 Å². The molecule has 27 heavy (non-hydrogen) atoms. The van der Waals surface area contributed by atoms with Crippen molar-refractivity contribution in [2.24, 2.45) is 11.8 Å². The maximum Gasteiger partial charge on any atom is 0.222 e. The second-order valence-electron chi connectivity index (χ2n) is 8.37. The first-order chi connectivity index (χ1) is 13.1. The quantitative estimate of drug-likeness (QED) is 0.736. The third-order valence-corrected chi connectivity index (χ3v) is 5.97. The first kappa shape index (κ1) is 20.3. The van der Waals surface area contributed by atoms with Gasteiger partial charge in [0.15, 0.2) is 0 Å². The first-order valence-corrected chi connectivity index (χ1v) is 10.4. The van der Waals surface area contributed by atoms with Gasteiger partial charge < -0.3 is 19.8 Å². The number of hydrogen-bond donors (Lipinski definition) is 2. The number of rotatable bonds is 7. The number of likely N-dealkylation sites (N-methyl/N-ethyl adjacent to an activating group) is 1. The summed E-state index contributed by atoms with van der Waals surface area (Å²) in [5.41, 5.74) is 1.15. The molecule has 2 saturated heterocycles. The molecule has 2 N–H and O–H groups in total. The molecule has 0 saturated carbocycles. The zero-order chi connectivity index (χ0) is 19.1. The number of likely N-dealkylation sites (tertiary alicyclic amines) is 1. The van der Waals surface area contributed by atoms with Gasteiger partial charge in [0.25, 0.3) is 0 Å². The largest absolute Gasteiger partial charge is 0.396 e. The van der Waals surface area contributed by atoms with Gasteiger partial charge in [0.05, 0.1) is 6.20 Å².